The molecule has 1 heterocycles. The first kappa shape index (κ1) is 20.5. The summed E-state index contributed by atoms with van der Waals surface area (Å²) in [4.78, 5) is 22.4. The standard InChI is InChI=1S/C20H29N5O2/c1-2-3-4-5-10-22-14-16-8-6-9-17(13-16)27-12-7-11-23-20-24-15-18(21)19(26)25-20/h6,8-9,13-15H,2-5,7,10-12,21H2,1H3,(H2,23,24,25,26). The van der Waals surface area contributed by atoms with E-state index >= 15 is 0 Å². The van der Waals surface area contributed by atoms with Crippen molar-refractivity contribution >= 4 is 17.9 Å². The van der Waals surface area contributed by atoms with E-state index in [9.17, 15) is 4.79 Å². The van der Waals surface area contributed by atoms with Gasteiger partial charge in [0.2, 0.25) is 5.95 Å². The van der Waals surface area contributed by atoms with E-state index in [2.05, 4.69) is 27.2 Å². The van der Waals surface area contributed by atoms with E-state index in [1.165, 1.54) is 25.5 Å². The number of H-pyrrole nitrogens is 1. The molecule has 2 aromatic rings. The lowest BCUT2D eigenvalue weighted by Gasteiger charge is -2.08. The van der Waals surface area contributed by atoms with Gasteiger partial charge in [-0.15, -0.1) is 0 Å². The number of rotatable bonds is 12. The molecule has 0 unspecified atom stereocenters. The number of nitrogens with one attached hydrogen (secondary N) is 2. The molecule has 0 saturated carbocycles. The Bertz CT molecular complexity index is 773. The molecular formula is C20H29N5O2. The van der Waals surface area contributed by atoms with Crippen LogP contribution in [0.5, 0.6) is 5.75 Å². The van der Waals surface area contributed by atoms with Crippen LogP contribution in [-0.2, 0) is 0 Å². The van der Waals surface area contributed by atoms with Gasteiger partial charge in [-0.05, 0) is 30.5 Å². The van der Waals surface area contributed by atoms with E-state index in [0.717, 1.165) is 30.7 Å². The van der Waals surface area contributed by atoms with Crippen LogP contribution in [0, 0.1) is 0 Å². The number of aromatic nitrogens is 2. The van der Waals surface area contributed by atoms with Crippen molar-refractivity contribution in [2.75, 3.05) is 30.7 Å². The summed E-state index contributed by atoms with van der Waals surface area (Å²) in [7, 11) is 0. The number of hydrogen-bond acceptors (Lipinski definition) is 6. The second kappa shape index (κ2) is 11.7. The van der Waals surface area contributed by atoms with Crippen LogP contribution in [0.1, 0.15) is 44.6 Å². The molecule has 0 aliphatic carbocycles. The maximum absolute atomic E-state index is 11.4. The molecule has 1 aromatic heterocycles. The Hall–Kier alpha value is -2.83. The summed E-state index contributed by atoms with van der Waals surface area (Å²) in [6.45, 7) is 4.27. The van der Waals surface area contributed by atoms with Crippen molar-refractivity contribution in [1.29, 1.82) is 0 Å². The molecule has 0 spiro atoms. The summed E-state index contributed by atoms with van der Waals surface area (Å²) in [5, 5.41) is 3.04. The van der Waals surface area contributed by atoms with Crippen LogP contribution in [0.15, 0.2) is 40.2 Å². The monoisotopic (exact) mass is 371 g/mol. The Labute approximate surface area is 160 Å². The number of aromatic amines is 1. The van der Waals surface area contributed by atoms with Crippen LogP contribution in [-0.4, -0.2) is 35.9 Å². The number of unbranched alkanes of at least 4 members (excludes halogenated alkanes) is 3. The Morgan fingerprint density at radius 3 is 3.00 bits per heavy atom. The smallest absolute Gasteiger partial charge is 0.275 e. The highest BCUT2D eigenvalue weighted by Gasteiger charge is 1.99. The molecule has 0 aliphatic heterocycles. The largest absolute Gasteiger partial charge is 0.494 e. The first-order valence-electron chi connectivity index (χ1n) is 9.50. The van der Waals surface area contributed by atoms with Crippen molar-refractivity contribution in [1.82, 2.24) is 9.97 Å². The minimum Gasteiger partial charge on any atom is -0.494 e. The molecule has 1 aromatic carbocycles. The normalized spacial score (nSPS) is 11.0. The molecule has 0 amide bonds. The Morgan fingerprint density at radius 2 is 2.19 bits per heavy atom. The predicted octanol–water partition coefficient (Wildman–Crippen LogP) is 3.23. The third-order valence-electron chi connectivity index (χ3n) is 3.95. The van der Waals surface area contributed by atoms with Crippen molar-refractivity contribution in [3.8, 4) is 5.75 Å². The third-order valence-corrected chi connectivity index (χ3v) is 3.95. The predicted molar refractivity (Wildman–Crippen MR) is 111 cm³/mol. The fourth-order valence-corrected chi connectivity index (χ4v) is 2.45. The zero-order valence-electron chi connectivity index (χ0n) is 15.9. The number of nitrogen functional groups attached to an aromatic ring is 1. The fraction of sp³-hybridized carbons (Fsp3) is 0.450. The maximum atomic E-state index is 11.4. The molecule has 27 heavy (non-hydrogen) atoms. The summed E-state index contributed by atoms with van der Waals surface area (Å²) in [6, 6.07) is 7.91. The van der Waals surface area contributed by atoms with Crippen LogP contribution < -0.4 is 21.3 Å². The van der Waals surface area contributed by atoms with Crippen molar-refractivity contribution in [2.45, 2.75) is 39.0 Å². The molecule has 0 bridgehead atoms. The molecule has 0 fully saturated rings. The lowest BCUT2D eigenvalue weighted by Crippen LogP contribution is -2.17. The topological polar surface area (TPSA) is 105 Å². The molecule has 0 aliphatic rings. The van der Waals surface area contributed by atoms with E-state index in [4.69, 9.17) is 10.5 Å². The molecule has 2 rings (SSSR count). The first-order valence-corrected chi connectivity index (χ1v) is 9.50. The summed E-state index contributed by atoms with van der Waals surface area (Å²) in [6.07, 6.45) is 8.92. The molecule has 7 heteroatoms. The Kier molecular flexibility index (Phi) is 8.89. The van der Waals surface area contributed by atoms with Crippen molar-refractivity contribution in [2.24, 2.45) is 4.99 Å². The highest BCUT2D eigenvalue weighted by atomic mass is 16.5. The minimum absolute atomic E-state index is 0.105. The molecule has 146 valence electrons. The molecule has 0 atom stereocenters. The van der Waals surface area contributed by atoms with Gasteiger partial charge in [-0.25, -0.2) is 4.98 Å². The average Bonchev–Trinajstić information content (AvgIpc) is 2.67. The highest BCUT2D eigenvalue weighted by Crippen LogP contribution is 2.12. The maximum Gasteiger partial charge on any atom is 0.275 e. The van der Waals surface area contributed by atoms with Gasteiger partial charge in [-0.3, -0.25) is 14.8 Å². The third kappa shape index (κ3) is 7.94. The molecule has 7 nitrogen and oxygen atoms in total. The van der Waals surface area contributed by atoms with Gasteiger partial charge in [0.05, 0.1) is 12.8 Å². The molecule has 0 radical (unpaired) electrons. The van der Waals surface area contributed by atoms with Gasteiger partial charge in [-0.1, -0.05) is 38.3 Å². The van der Waals surface area contributed by atoms with E-state index < -0.39 is 0 Å². The van der Waals surface area contributed by atoms with E-state index in [1.54, 1.807) is 0 Å². The fourth-order valence-electron chi connectivity index (χ4n) is 2.45. The number of nitrogens with two attached hydrogens (primary N) is 1. The average molecular weight is 371 g/mol. The number of nitrogens with zero attached hydrogens (tertiary/aromatic N) is 2. The molecule has 4 N–H and O–H groups in total. The van der Waals surface area contributed by atoms with Crippen molar-refractivity contribution < 1.29 is 4.74 Å². The van der Waals surface area contributed by atoms with Gasteiger partial charge in [-0.2, -0.15) is 0 Å². The van der Waals surface area contributed by atoms with Crippen LogP contribution in [0.2, 0.25) is 0 Å². The number of aliphatic imine (C=N–C) groups is 1. The molecule has 0 saturated heterocycles. The van der Waals surface area contributed by atoms with Crippen LogP contribution >= 0.6 is 0 Å². The number of anilines is 2. The van der Waals surface area contributed by atoms with Crippen molar-refractivity contribution in [3.63, 3.8) is 0 Å². The van der Waals surface area contributed by atoms with Gasteiger partial charge in [0.1, 0.15) is 11.4 Å². The summed E-state index contributed by atoms with van der Waals surface area (Å²) in [5.74, 6) is 1.23. The Morgan fingerprint density at radius 1 is 1.30 bits per heavy atom. The van der Waals surface area contributed by atoms with Gasteiger partial charge in [0.25, 0.3) is 5.56 Å². The minimum atomic E-state index is -0.340. The Balaban J connectivity index is 1.67. The van der Waals surface area contributed by atoms with Crippen LogP contribution in [0.4, 0.5) is 11.6 Å². The lowest BCUT2D eigenvalue weighted by atomic mass is 10.2. The zero-order chi connectivity index (χ0) is 19.3. The van der Waals surface area contributed by atoms with Gasteiger partial charge >= 0.3 is 0 Å². The second-order valence-corrected chi connectivity index (χ2v) is 6.31. The number of hydrogen-bond donors (Lipinski definition) is 3. The molecular weight excluding hydrogens is 342 g/mol. The quantitative estimate of drug-likeness (QED) is 0.392. The number of ether oxygens (including phenoxy) is 1. The summed E-state index contributed by atoms with van der Waals surface area (Å²) in [5.41, 5.74) is 6.25. The van der Waals surface area contributed by atoms with E-state index in [0.29, 0.717) is 19.1 Å². The lowest BCUT2D eigenvalue weighted by molar-refractivity contribution is 0.315. The number of benzene rings is 1. The van der Waals surface area contributed by atoms with Crippen LogP contribution in [0.3, 0.4) is 0 Å². The second-order valence-electron chi connectivity index (χ2n) is 6.31. The first-order chi connectivity index (χ1) is 13.2. The van der Waals surface area contributed by atoms with Crippen molar-refractivity contribution in [3.05, 3.63) is 46.4 Å². The van der Waals surface area contributed by atoms with Gasteiger partial charge in [0.15, 0.2) is 0 Å². The SMILES string of the molecule is CCCCCCN=Cc1cccc(OCCCNc2ncc(N)c(=O)[nH]2)c1. The zero-order valence-corrected chi connectivity index (χ0v) is 15.9. The van der Waals surface area contributed by atoms with Gasteiger partial charge in [0, 0.05) is 19.3 Å². The summed E-state index contributed by atoms with van der Waals surface area (Å²) < 4.78 is 5.77. The van der Waals surface area contributed by atoms with Crippen LogP contribution in [0.25, 0.3) is 0 Å². The van der Waals surface area contributed by atoms with Gasteiger partial charge < -0.3 is 15.8 Å². The summed E-state index contributed by atoms with van der Waals surface area (Å²) >= 11 is 0. The van der Waals surface area contributed by atoms with E-state index in [-0.39, 0.29) is 11.2 Å². The highest BCUT2D eigenvalue weighted by molar-refractivity contribution is 5.80. The van der Waals surface area contributed by atoms with E-state index in [1.807, 2.05) is 30.5 Å².